The third-order valence-electron chi connectivity index (χ3n) is 5.34. The summed E-state index contributed by atoms with van der Waals surface area (Å²) >= 11 is 1.80. The van der Waals surface area contributed by atoms with Crippen LogP contribution in [0.3, 0.4) is 0 Å². The van der Waals surface area contributed by atoms with Crippen molar-refractivity contribution in [2.75, 3.05) is 10.6 Å². The molecule has 3 aromatic heterocycles. The zero-order valence-corrected chi connectivity index (χ0v) is 17.2. The van der Waals surface area contributed by atoms with Gasteiger partial charge in [0.15, 0.2) is 0 Å². The Bertz CT molecular complexity index is 1200. The lowest BCUT2D eigenvalue weighted by molar-refractivity contribution is 0.102. The van der Waals surface area contributed by atoms with Crippen LogP contribution in [0, 0.1) is 0 Å². The Labute approximate surface area is 178 Å². The number of nitrogens with one attached hydrogen (secondary N) is 2. The second-order valence-corrected chi connectivity index (χ2v) is 8.44. The van der Waals surface area contributed by atoms with Gasteiger partial charge >= 0.3 is 0 Å². The fourth-order valence-corrected chi connectivity index (χ4v) is 5.10. The van der Waals surface area contributed by atoms with Gasteiger partial charge in [0, 0.05) is 35.1 Å². The number of anilines is 2. The van der Waals surface area contributed by atoms with Gasteiger partial charge in [-0.05, 0) is 61.1 Å². The normalized spacial score (nSPS) is 13.1. The van der Waals surface area contributed by atoms with E-state index in [1.165, 1.54) is 28.7 Å². The van der Waals surface area contributed by atoms with Gasteiger partial charge < -0.3 is 10.6 Å². The second kappa shape index (κ2) is 8.20. The Kier molecular flexibility index (Phi) is 5.11. The molecule has 150 valence electrons. The van der Waals surface area contributed by atoms with Crippen molar-refractivity contribution in [3.05, 3.63) is 76.7 Å². The number of rotatable bonds is 5. The van der Waals surface area contributed by atoms with Gasteiger partial charge in [-0.25, -0.2) is 9.97 Å². The summed E-state index contributed by atoms with van der Waals surface area (Å²) in [7, 11) is 0. The molecule has 5 rings (SSSR count). The summed E-state index contributed by atoms with van der Waals surface area (Å²) in [4.78, 5) is 27.9. The third-order valence-corrected chi connectivity index (χ3v) is 6.54. The fraction of sp³-hybridized carbons (Fsp3) is 0.217. The first-order valence-electron chi connectivity index (χ1n) is 10.1. The molecule has 0 radical (unpaired) electrons. The number of hydrogen-bond acceptors (Lipinski definition) is 6. The van der Waals surface area contributed by atoms with Crippen molar-refractivity contribution < 1.29 is 4.79 Å². The number of carbonyl (C=O) groups is 1. The van der Waals surface area contributed by atoms with Crippen LogP contribution in [0.25, 0.3) is 10.2 Å². The first-order chi connectivity index (χ1) is 14.8. The zero-order valence-electron chi connectivity index (χ0n) is 16.4. The Morgan fingerprint density at radius 1 is 1.07 bits per heavy atom. The molecule has 0 spiro atoms. The average Bonchev–Trinajstić information content (AvgIpc) is 3.18. The van der Waals surface area contributed by atoms with Crippen molar-refractivity contribution in [3.8, 4) is 0 Å². The van der Waals surface area contributed by atoms with Gasteiger partial charge in [0.25, 0.3) is 5.91 Å². The summed E-state index contributed by atoms with van der Waals surface area (Å²) in [5.41, 5.74) is 3.83. The Balaban J connectivity index is 1.33. The van der Waals surface area contributed by atoms with Crippen LogP contribution < -0.4 is 10.6 Å². The van der Waals surface area contributed by atoms with Crippen LogP contribution in [0.2, 0.25) is 0 Å². The molecule has 0 atom stereocenters. The van der Waals surface area contributed by atoms with Gasteiger partial charge in [0.2, 0.25) is 0 Å². The molecular weight excluding hydrogens is 394 g/mol. The van der Waals surface area contributed by atoms with Crippen molar-refractivity contribution >= 4 is 39.0 Å². The van der Waals surface area contributed by atoms with Crippen molar-refractivity contribution in [2.45, 2.75) is 32.2 Å². The van der Waals surface area contributed by atoms with Crippen LogP contribution in [-0.2, 0) is 19.4 Å². The predicted molar refractivity (Wildman–Crippen MR) is 120 cm³/mol. The van der Waals surface area contributed by atoms with E-state index < -0.39 is 0 Å². The van der Waals surface area contributed by atoms with E-state index in [-0.39, 0.29) is 5.91 Å². The highest BCUT2D eigenvalue weighted by Gasteiger charge is 2.19. The van der Waals surface area contributed by atoms with Crippen LogP contribution in [0.5, 0.6) is 0 Å². The molecular formula is C23H21N5OS. The van der Waals surface area contributed by atoms with Gasteiger partial charge in [-0.1, -0.05) is 12.1 Å². The van der Waals surface area contributed by atoms with Gasteiger partial charge in [-0.15, -0.1) is 11.3 Å². The highest BCUT2D eigenvalue weighted by Crippen LogP contribution is 2.38. The molecule has 6 nitrogen and oxygen atoms in total. The van der Waals surface area contributed by atoms with Crippen LogP contribution in [0.1, 0.15) is 39.2 Å². The van der Waals surface area contributed by atoms with Crippen molar-refractivity contribution in [1.82, 2.24) is 15.0 Å². The Hall–Kier alpha value is -3.32. The van der Waals surface area contributed by atoms with Gasteiger partial charge in [0.05, 0.1) is 5.39 Å². The molecule has 1 aliphatic rings. The second-order valence-electron chi connectivity index (χ2n) is 7.36. The lowest BCUT2D eigenvalue weighted by Crippen LogP contribution is -2.12. The van der Waals surface area contributed by atoms with Gasteiger partial charge in [0.1, 0.15) is 17.0 Å². The summed E-state index contributed by atoms with van der Waals surface area (Å²) in [5.74, 6) is 0.746. The van der Waals surface area contributed by atoms with E-state index in [2.05, 4.69) is 25.6 Å². The monoisotopic (exact) mass is 415 g/mol. The Morgan fingerprint density at radius 2 is 1.93 bits per heavy atom. The summed E-state index contributed by atoms with van der Waals surface area (Å²) in [5, 5.41) is 7.61. The number of hydrogen-bond donors (Lipinski definition) is 2. The molecule has 1 aliphatic carbocycles. The SMILES string of the molecule is O=C(Nc1cccc(CNc2ncnc3sc4c(c23)CCCC4)c1)c1ccncc1. The van der Waals surface area contributed by atoms with Crippen molar-refractivity contribution in [1.29, 1.82) is 0 Å². The minimum absolute atomic E-state index is 0.148. The quantitative estimate of drug-likeness (QED) is 0.488. The summed E-state index contributed by atoms with van der Waals surface area (Å²) in [6.45, 7) is 0.621. The highest BCUT2D eigenvalue weighted by atomic mass is 32.1. The molecule has 0 saturated carbocycles. The minimum Gasteiger partial charge on any atom is -0.365 e. The molecule has 0 saturated heterocycles. The number of amides is 1. The maximum atomic E-state index is 12.4. The molecule has 0 aliphatic heterocycles. The van der Waals surface area contributed by atoms with E-state index in [0.717, 1.165) is 34.7 Å². The fourth-order valence-electron chi connectivity index (χ4n) is 3.88. The third kappa shape index (κ3) is 3.76. The molecule has 4 aromatic rings. The summed E-state index contributed by atoms with van der Waals surface area (Å²) < 4.78 is 0. The number of aromatic nitrogens is 3. The largest absolute Gasteiger partial charge is 0.365 e. The first-order valence-corrected chi connectivity index (χ1v) is 10.9. The molecule has 0 bridgehead atoms. The number of pyridine rings is 1. The van der Waals surface area contributed by atoms with Crippen LogP contribution in [0.4, 0.5) is 11.5 Å². The van der Waals surface area contributed by atoms with E-state index >= 15 is 0 Å². The number of fused-ring (bicyclic) bond motifs is 3. The summed E-state index contributed by atoms with van der Waals surface area (Å²) in [6.07, 6.45) is 9.60. The minimum atomic E-state index is -0.148. The van der Waals surface area contributed by atoms with E-state index in [9.17, 15) is 4.79 Å². The van der Waals surface area contributed by atoms with E-state index in [0.29, 0.717) is 12.1 Å². The zero-order chi connectivity index (χ0) is 20.3. The molecule has 1 amide bonds. The number of thiophene rings is 1. The molecule has 2 N–H and O–H groups in total. The van der Waals surface area contributed by atoms with E-state index in [1.54, 1.807) is 42.2 Å². The maximum Gasteiger partial charge on any atom is 0.255 e. The molecule has 0 unspecified atom stereocenters. The standard InChI is InChI=1S/C23H21N5OS/c29-22(16-8-10-24-11-9-16)28-17-5-3-4-15(12-17)13-25-21-20-18-6-1-2-7-19(18)30-23(20)27-14-26-21/h3-5,8-12,14H,1-2,6-7,13H2,(H,28,29)(H,25,26,27). The topological polar surface area (TPSA) is 79.8 Å². The van der Waals surface area contributed by atoms with Crippen LogP contribution >= 0.6 is 11.3 Å². The molecule has 30 heavy (non-hydrogen) atoms. The van der Waals surface area contributed by atoms with Gasteiger partial charge in [-0.2, -0.15) is 0 Å². The predicted octanol–water partition coefficient (Wildman–Crippen LogP) is 4.83. The number of benzene rings is 1. The number of aryl methyl sites for hydroxylation is 2. The van der Waals surface area contributed by atoms with E-state index in [4.69, 9.17) is 0 Å². The van der Waals surface area contributed by atoms with Crippen molar-refractivity contribution in [3.63, 3.8) is 0 Å². The van der Waals surface area contributed by atoms with Crippen LogP contribution in [0.15, 0.2) is 55.1 Å². The average molecular weight is 416 g/mol. The summed E-state index contributed by atoms with van der Waals surface area (Å²) in [6, 6.07) is 11.2. The smallest absolute Gasteiger partial charge is 0.255 e. The van der Waals surface area contributed by atoms with Gasteiger partial charge in [-0.3, -0.25) is 9.78 Å². The van der Waals surface area contributed by atoms with Crippen LogP contribution in [-0.4, -0.2) is 20.9 Å². The molecule has 3 heterocycles. The lowest BCUT2D eigenvalue weighted by atomic mass is 9.97. The maximum absolute atomic E-state index is 12.4. The lowest BCUT2D eigenvalue weighted by Gasteiger charge is -2.13. The highest BCUT2D eigenvalue weighted by molar-refractivity contribution is 7.19. The molecule has 0 fully saturated rings. The molecule has 1 aromatic carbocycles. The molecule has 7 heteroatoms. The van der Waals surface area contributed by atoms with E-state index in [1.807, 2.05) is 24.3 Å². The van der Waals surface area contributed by atoms with Crippen molar-refractivity contribution in [2.24, 2.45) is 0 Å². The Morgan fingerprint density at radius 3 is 2.83 bits per heavy atom. The first kappa shape index (κ1) is 18.7. The number of carbonyl (C=O) groups excluding carboxylic acids is 1. The number of nitrogens with zero attached hydrogens (tertiary/aromatic N) is 3.